The first-order valence-electron chi connectivity index (χ1n) is 13.3. The highest BCUT2D eigenvalue weighted by Gasteiger charge is 2.35. The number of rotatable bonds is 16. The highest BCUT2D eigenvalue weighted by molar-refractivity contribution is 6.02. The lowest BCUT2D eigenvalue weighted by Gasteiger charge is -2.26. The first-order chi connectivity index (χ1) is 15.4. The molecule has 0 aromatic rings. The first-order valence-corrected chi connectivity index (χ1v) is 13.3. The summed E-state index contributed by atoms with van der Waals surface area (Å²) < 4.78 is 10.7. The zero-order chi connectivity index (χ0) is 25.1. The summed E-state index contributed by atoms with van der Waals surface area (Å²) >= 11 is 0. The fourth-order valence-electron chi connectivity index (χ4n) is 4.95. The van der Waals surface area contributed by atoms with Crippen molar-refractivity contribution in [1.82, 2.24) is 0 Å². The molecule has 0 N–H and O–H groups in total. The van der Waals surface area contributed by atoms with Gasteiger partial charge in [-0.2, -0.15) is 0 Å². The van der Waals surface area contributed by atoms with Gasteiger partial charge in [-0.05, 0) is 77.6 Å². The number of Topliss-reactive ketones (excluding diaryl/α,β-unsaturated/α-hetero) is 2. The molecule has 0 aromatic heterocycles. The average Bonchev–Trinajstić information content (AvgIpc) is 3.06. The smallest absolute Gasteiger partial charge is 0.343 e. The van der Waals surface area contributed by atoms with Gasteiger partial charge in [0.15, 0.2) is 5.78 Å². The van der Waals surface area contributed by atoms with E-state index >= 15 is 0 Å². The third-order valence-corrected chi connectivity index (χ3v) is 6.83. The Balaban J connectivity index is 2.48. The van der Waals surface area contributed by atoms with Crippen LogP contribution in [0.4, 0.5) is 0 Å². The van der Waals surface area contributed by atoms with E-state index in [0.717, 1.165) is 25.7 Å². The largest absolute Gasteiger partial charge is 0.464 e. The van der Waals surface area contributed by atoms with E-state index in [9.17, 15) is 14.4 Å². The standard InChI is InChI=1S/C28H50O5/c1-8-10-19-28(6,7)20-13-14-21-17-18-23(29)22(21)15-11-12-16-24(30)25(26(31)32-9-2)33-27(3,4)5/h21-22,25H,8-20H2,1-7H3/t21-,22+,25?/m0/s1. The molecular weight excluding hydrogens is 416 g/mol. The summed E-state index contributed by atoms with van der Waals surface area (Å²) in [5.41, 5.74) is -0.221. The number of carbonyl (C=O) groups excluding carboxylic acids is 3. The van der Waals surface area contributed by atoms with Crippen molar-refractivity contribution in [2.45, 2.75) is 137 Å². The van der Waals surface area contributed by atoms with Gasteiger partial charge in [0.2, 0.25) is 6.10 Å². The Morgan fingerprint density at radius 3 is 2.24 bits per heavy atom. The SMILES string of the molecule is CCCCC(C)(C)CCC[C@H]1CCC(=O)[C@@H]1CCCCC(=O)C(OC(C)(C)C)C(=O)OCC. The van der Waals surface area contributed by atoms with Gasteiger partial charge < -0.3 is 9.47 Å². The van der Waals surface area contributed by atoms with Crippen LogP contribution in [0.3, 0.4) is 0 Å². The molecule has 3 atom stereocenters. The number of carbonyl (C=O) groups is 3. The van der Waals surface area contributed by atoms with Crippen molar-refractivity contribution in [3.05, 3.63) is 0 Å². The maximum Gasteiger partial charge on any atom is 0.343 e. The van der Waals surface area contributed by atoms with Gasteiger partial charge in [0.25, 0.3) is 0 Å². The summed E-state index contributed by atoms with van der Waals surface area (Å²) in [4.78, 5) is 37.4. The van der Waals surface area contributed by atoms with Crippen LogP contribution in [-0.4, -0.2) is 35.8 Å². The van der Waals surface area contributed by atoms with Crippen LogP contribution >= 0.6 is 0 Å². The second kappa shape index (κ2) is 14.2. The predicted octanol–water partition coefficient (Wildman–Crippen LogP) is 6.84. The Morgan fingerprint density at radius 1 is 0.970 bits per heavy atom. The van der Waals surface area contributed by atoms with Crippen molar-refractivity contribution in [3.63, 3.8) is 0 Å². The fourth-order valence-corrected chi connectivity index (χ4v) is 4.95. The van der Waals surface area contributed by atoms with Crippen molar-refractivity contribution >= 4 is 17.5 Å². The quantitative estimate of drug-likeness (QED) is 0.141. The Bertz CT molecular complexity index is 616. The van der Waals surface area contributed by atoms with Crippen molar-refractivity contribution < 1.29 is 23.9 Å². The van der Waals surface area contributed by atoms with Crippen molar-refractivity contribution in [1.29, 1.82) is 0 Å². The molecule has 1 unspecified atom stereocenters. The van der Waals surface area contributed by atoms with Crippen LogP contribution in [0.25, 0.3) is 0 Å². The van der Waals surface area contributed by atoms with Crippen LogP contribution in [0.1, 0.15) is 126 Å². The van der Waals surface area contributed by atoms with E-state index in [1.165, 1.54) is 32.1 Å². The van der Waals surface area contributed by atoms with Crippen molar-refractivity contribution in [2.75, 3.05) is 6.61 Å². The van der Waals surface area contributed by atoms with Crippen LogP contribution in [0.2, 0.25) is 0 Å². The minimum atomic E-state index is -1.16. The number of unbranched alkanes of at least 4 members (excludes halogenated alkanes) is 2. The van der Waals surface area contributed by atoms with E-state index in [2.05, 4.69) is 20.8 Å². The molecule has 0 radical (unpaired) electrons. The molecule has 192 valence electrons. The molecule has 5 heteroatoms. The molecule has 0 aromatic carbocycles. The molecule has 1 fully saturated rings. The monoisotopic (exact) mass is 466 g/mol. The minimum Gasteiger partial charge on any atom is -0.464 e. The summed E-state index contributed by atoms with van der Waals surface area (Å²) in [6.45, 7) is 14.4. The van der Waals surface area contributed by atoms with E-state index in [0.29, 0.717) is 30.0 Å². The predicted molar refractivity (Wildman–Crippen MR) is 133 cm³/mol. The van der Waals surface area contributed by atoms with Gasteiger partial charge in [0.1, 0.15) is 5.78 Å². The molecule has 1 saturated carbocycles. The molecule has 0 aliphatic heterocycles. The molecule has 0 spiro atoms. The van der Waals surface area contributed by atoms with E-state index < -0.39 is 17.7 Å². The van der Waals surface area contributed by atoms with E-state index in [1.807, 2.05) is 20.8 Å². The molecule has 0 bridgehead atoms. The molecule has 33 heavy (non-hydrogen) atoms. The van der Waals surface area contributed by atoms with E-state index in [4.69, 9.17) is 9.47 Å². The summed E-state index contributed by atoms with van der Waals surface area (Å²) in [5, 5.41) is 0. The molecule has 1 aliphatic rings. The minimum absolute atomic E-state index is 0.144. The Morgan fingerprint density at radius 2 is 1.64 bits per heavy atom. The number of ether oxygens (including phenoxy) is 2. The second-order valence-corrected chi connectivity index (χ2v) is 11.6. The second-order valence-electron chi connectivity index (χ2n) is 11.6. The van der Waals surface area contributed by atoms with Crippen LogP contribution in [0.5, 0.6) is 0 Å². The molecule has 0 saturated heterocycles. The molecular formula is C28H50O5. The van der Waals surface area contributed by atoms with Gasteiger partial charge in [-0.25, -0.2) is 4.79 Å². The Hall–Kier alpha value is -1.23. The summed E-state index contributed by atoms with van der Waals surface area (Å²) in [7, 11) is 0. The lowest BCUT2D eigenvalue weighted by atomic mass is 9.79. The van der Waals surface area contributed by atoms with E-state index in [1.54, 1.807) is 6.92 Å². The molecule has 0 heterocycles. The third kappa shape index (κ3) is 11.6. The molecule has 1 rings (SSSR count). The number of esters is 1. The lowest BCUT2D eigenvalue weighted by molar-refractivity contribution is -0.170. The Labute approximate surface area is 202 Å². The first kappa shape index (κ1) is 29.8. The van der Waals surface area contributed by atoms with E-state index in [-0.39, 0.29) is 24.7 Å². The molecule has 0 amide bonds. The topological polar surface area (TPSA) is 69.7 Å². The van der Waals surface area contributed by atoms with Gasteiger partial charge in [-0.1, -0.05) is 46.5 Å². The van der Waals surface area contributed by atoms with Gasteiger partial charge in [0.05, 0.1) is 12.2 Å². The number of ketones is 2. The zero-order valence-electron chi connectivity index (χ0n) is 22.5. The summed E-state index contributed by atoms with van der Waals surface area (Å²) in [6, 6.07) is 0. The average molecular weight is 467 g/mol. The number of hydrogen-bond donors (Lipinski definition) is 0. The Kier molecular flexibility index (Phi) is 12.9. The van der Waals surface area contributed by atoms with Crippen molar-refractivity contribution in [3.8, 4) is 0 Å². The lowest BCUT2D eigenvalue weighted by Crippen LogP contribution is -2.40. The summed E-state index contributed by atoms with van der Waals surface area (Å²) in [5.74, 6) is 0.201. The van der Waals surface area contributed by atoms with Crippen molar-refractivity contribution in [2.24, 2.45) is 17.3 Å². The van der Waals surface area contributed by atoms with Crippen LogP contribution in [0, 0.1) is 17.3 Å². The highest BCUT2D eigenvalue weighted by Crippen LogP contribution is 2.38. The van der Waals surface area contributed by atoms with Gasteiger partial charge in [-0.15, -0.1) is 0 Å². The maximum atomic E-state index is 12.7. The fraction of sp³-hybridized carbons (Fsp3) is 0.893. The molecule has 1 aliphatic carbocycles. The van der Waals surface area contributed by atoms with Gasteiger partial charge in [0, 0.05) is 18.8 Å². The zero-order valence-corrected chi connectivity index (χ0v) is 22.5. The van der Waals surface area contributed by atoms with Crippen LogP contribution in [-0.2, 0) is 23.9 Å². The maximum absolute atomic E-state index is 12.7. The summed E-state index contributed by atoms with van der Waals surface area (Å²) in [6.07, 6.45) is 10.5. The third-order valence-electron chi connectivity index (χ3n) is 6.83. The number of hydrogen-bond acceptors (Lipinski definition) is 5. The highest BCUT2D eigenvalue weighted by atomic mass is 16.6. The van der Waals surface area contributed by atoms with Crippen LogP contribution < -0.4 is 0 Å². The molecule has 5 nitrogen and oxygen atoms in total. The van der Waals surface area contributed by atoms with Gasteiger partial charge >= 0.3 is 5.97 Å². The normalized spacial score (nSPS) is 20.2. The van der Waals surface area contributed by atoms with Crippen LogP contribution in [0.15, 0.2) is 0 Å². The van der Waals surface area contributed by atoms with Gasteiger partial charge in [-0.3, -0.25) is 9.59 Å².